The molecule has 1 N–H and O–H groups in total. The molecule has 1 aliphatic carbocycles. The van der Waals surface area contributed by atoms with Crippen LogP contribution in [0.3, 0.4) is 0 Å². The minimum Gasteiger partial charge on any atom is -0.516 e. The van der Waals surface area contributed by atoms with Crippen LogP contribution in [-0.2, 0) is 27.4 Å². The van der Waals surface area contributed by atoms with Gasteiger partial charge in [0, 0.05) is 24.6 Å². The van der Waals surface area contributed by atoms with Crippen LogP contribution in [0, 0.1) is 0 Å². The summed E-state index contributed by atoms with van der Waals surface area (Å²) in [5, 5.41) is 12.1. The summed E-state index contributed by atoms with van der Waals surface area (Å²) >= 11 is 0. The summed E-state index contributed by atoms with van der Waals surface area (Å²) in [5.74, 6) is -0.551. The smallest absolute Gasteiger partial charge is 0.322 e. The van der Waals surface area contributed by atoms with E-state index >= 15 is 4.79 Å². The summed E-state index contributed by atoms with van der Waals surface area (Å²) in [7, 11) is -3.71. The maximum absolute atomic E-state index is 15.4. The van der Waals surface area contributed by atoms with Gasteiger partial charge in [-0.25, -0.2) is 0 Å². The Morgan fingerprint density at radius 2 is 0.681 bits per heavy atom. The van der Waals surface area contributed by atoms with E-state index in [9.17, 15) is 5.11 Å². The van der Waals surface area contributed by atoms with Crippen LogP contribution in [0.4, 0.5) is 0 Å². The second-order valence-corrected chi connectivity index (χ2v) is 21.9. The zero-order chi connectivity index (χ0) is 46.8. The van der Waals surface area contributed by atoms with Gasteiger partial charge in [-0.1, -0.05) is 248 Å². The van der Waals surface area contributed by atoms with Crippen LogP contribution in [0.25, 0.3) is 66.8 Å². The molecule has 338 valence electrons. The Labute approximate surface area is 408 Å². The normalized spacial score (nSPS) is 12.9. The van der Waals surface area contributed by atoms with Crippen molar-refractivity contribution in [3.8, 4) is 66.8 Å². The zero-order valence-electron chi connectivity index (χ0n) is 38.9. The highest BCUT2D eigenvalue weighted by atomic mass is 28.4. The van der Waals surface area contributed by atoms with Crippen molar-refractivity contribution in [3.05, 3.63) is 265 Å². The molecule has 0 radical (unpaired) electrons. The molecule has 0 heterocycles. The highest BCUT2D eigenvalue weighted by molar-refractivity contribution is 6.74. The molecule has 1 aliphatic rings. The van der Waals surface area contributed by atoms with Crippen molar-refractivity contribution >= 4 is 14.3 Å². The average Bonchev–Trinajstić information content (AvgIpc) is 3.93. The molecule has 69 heavy (non-hydrogen) atoms. The number of carbonyl (C=O) groups is 1. The first kappa shape index (κ1) is 45.2. The Balaban J connectivity index is 1.29. The largest absolute Gasteiger partial charge is 0.516 e. The second-order valence-electron chi connectivity index (χ2n) is 18.3. The quantitative estimate of drug-likeness (QED) is 0.0776. The SMILES string of the molecule is O=C(O[Si](Cc1c(-c2ccccc2)cccc1-c1ccccc1)(Cc1c(-c2ccccc2)cccc1-c1ccccc1)Cc1c(-c2ccccc2)cccc1-c1ccccc1)C(O)CC1=CCCC1. The van der Waals surface area contributed by atoms with E-state index in [0.717, 1.165) is 108 Å². The van der Waals surface area contributed by atoms with Gasteiger partial charge in [0.2, 0.25) is 0 Å². The van der Waals surface area contributed by atoms with E-state index in [-0.39, 0.29) is 6.42 Å². The van der Waals surface area contributed by atoms with E-state index in [1.165, 1.54) is 0 Å². The van der Waals surface area contributed by atoms with Crippen LogP contribution in [0.2, 0.25) is 0 Å². The van der Waals surface area contributed by atoms with E-state index in [1.54, 1.807) is 0 Å². The lowest BCUT2D eigenvalue weighted by molar-refractivity contribution is -0.144. The van der Waals surface area contributed by atoms with E-state index in [1.807, 2.05) is 0 Å². The number of aliphatic hydroxyl groups is 1. The topological polar surface area (TPSA) is 46.5 Å². The Hall–Kier alpha value is -7.63. The molecule has 0 aromatic heterocycles. The summed E-state index contributed by atoms with van der Waals surface area (Å²) < 4.78 is 7.59. The van der Waals surface area contributed by atoms with Crippen LogP contribution >= 0.6 is 0 Å². The summed E-state index contributed by atoms with van der Waals surface area (Å²) in [4.78, 5) is 15.4. The van der Waals surface area contributed by atoms with E-state index in [4.69, 9.17) is 4.43 Å². The summed E-state index contributed by atoms with van der Waals surface area (Å²) in [6.07, 6.45) is 4.03. The summed E-state index contributed by atoms with van der Waals surface area (Å²) in [6.45, 7) is 0. The number of hydrogen-bond acceptors (Lipinski definition) is 3. The third kappa shape index (κ3) is 10.3. The Morgan fingerprint density at radius 1 is 0.406 bits per heavy atom. The van der Waals surface area contributed by atoms with Crippen molar-refractivity contribution in [2.75, 3.05) is 0 Å². The predicted molar refractivity (Wildman–Crippen MR) is 287 cm³/mol. The first-order valence-electron chi connectivity index (χ1n) is 24.3. The lowest BCUT2D eigenvalue weighted by Crippen LogP contribution is -2.51. The fraction of sp³-hybridized carbons (Fsp3) is 0.123. The molecule has 0 aliphatic heterocycles. The maximum atomic E-state index is 15.4. The van der Waals surface area contributed by atoms with Crippen LogP contribution < -0.4 is 0 Å². The number of allylic oxidation sites excluding steroid dienone is 1. The highest BCUT2D eigenvalue weighted by Gasteiger charge is 2.44. The van der Waals surface area contributed by atoms with E-state index < -0.39 is 20.4 Å². The first-order chi connectivity index (χ1) is 34.0. The molecule has 1 unspecified atom stereocenters. The van der Waals surface area contributed by atoms with Gasteiger partial charge in [-0.3, -0.25) is 4.79 Å². The van der Waals surface area contributed by atoms with Crippen molar-refractivity contribution in [1.82, 2.24) is 0 Å². The third-order valence-corrected chi connectivity index (χ3v) is 17.3. The van der Waals surface area contributed by atoms with E-state index in [0.29, 0.717) is 18.1 Å². The minimum absolute atomic E-state index is 0.269. The molecule has 0 saturated carbocycles. The first-order valence-corrected chi connectivity index (χ1v) is 26.8. The third-order valence-electron chi connectivity index (χ3n) is 13.7. The van der Waals surface area contributed by atoms with Gasteiger partial charge < -0.3 is 9.53 Å². The molecule has 9 aromatic carbocycles. The van der Waals surface area contributed by atoms with Crippen molar-refractivity contribution in [1.29, 1.82) is 0 Å². The van der Waals surface area contributed by atoms with Gasteiger partial charge in [0.05, 0.1) is 0 Å². The molecular weight excluding hydrogens is 857 g/mol. The lowest BCUT2D eigenvalue weighted by Gasteiger charge is -2.36. The molecule has 4 heteroatoms. The fourth-order valence-electron chi connectivity index (χ4n) is 10.5. The van der Waals surface area contributed by atoms with Gasteiger partial charge in [-0.15, -0.1) is 0 Å². The second kappa shape index (κ2) is 21.1. The Morgan fingerprint density at radius 3 is 0.928 bits per heavy atom. The van der Waals surface area contributed by atoms with Crippen molar-refractivity contribution < 1.29 is 14.3 Å². The lowest BCUT2D eigenvalue weighted by atomic mass is 9.92. The standard InChI is InChI=1S/C65H56O3Si/c66-64(44-48-24-19-20-25-48)65(67)68-69(45-61-55(49-26-7-1-8-27-49)38-21-39-56(61)50-28-9-2-10-29-50,46-62-57(51-30-11-3-12-31-51)40-22-41-58(62)52-32-13-4-14-33-52)47-63-59(53-34-15-5-16-35-53)42-23-43-60(63)54-36-17-6-18-37-54/h1-18,21-24,26-43,64,66H,19-20,25,44-47H2. The molecule has 1 atom stereocenters. The van der Waals surface area contributed by atoms with E-state index in [2.05, 4.69) is 243 Å². The monoisotopic (exact) mass is 912 g/mol. The number of benzene rings is 9. The number of rotatable bonds is 16. The molecule has 9 aromatic rings. The Bertz CT molecular complexity index is 2690. The summed E-state index contributed by atoms with van der Waals surface area (Å²) in [5.41, 5.74) is 17.6. The maximum Gasteiger partial charge on any atom is 0.322 e. The molecule has 0 amide bonds. The molecule has 0 fully saturated rings. The Kier molecular flexibility index (Phi) is 13.8. The number of hydrogen-bond donors (Lipinski definition) is 1. The van der Waals surface area contributed by atoms with Crippen LogP contribution in [0.15, 0.2) is 248 Å². The molecule has 0 bridgehead atoms. The number of aliphatic hydroxyl groups excluding tert-OH is 1. The molecule has 0 saturated heterocycles. The van der Waals surface area contributed by atoms with Crippen molar-refractivity contribution in [2.45, 2.75) is 49.9 Å². The van der Waals surface area contributed by atoms with Crippen molar-refractivity contribution in [2.24, 2.45) is 0 Å². The average molecular weight is 913 g/mol. The van der Waals surface area contributed by atoms with Gasteiger partial charge in [0.25, 0.3) is 8.32 Å². The highest BCUT2D eigenvalue weighted by Crippen LogP contribution is 2.43. The molecule has 3 nitrogen and oxygen atoms in total. The van der Waals surface area contributed by atoms with Crippen molar-refractivity contribution in [3.63, 3.8) is 0 Å². The van der Waals surface area contributed by atoms with Gasteiger partial charge >= 0.3 is 5.97 Å². The van der Waals surface area contributed by atoms with Gasteiger partial charge in [0.15, 0.2) is 6.10 Å². The van der Waals surface area contributed by atoms with Gasteiger partial charge in [0.1, 0.15) is 0 Å². The zero-order valence-corrected chi connectivity index (χ0v) is 39.9. The summed E-state index contributed by atoms with van der Waals surface area (Å²) in [6, 6.07) is 84.8. The van der Waals surface area contributed by atoms with Gasteiger partial charge in [-0.05, 0) is 103 Å². The van der Waals surface area contributed by atoms with Crippen LogP contribution in [-0.4, -0.2) is 25.5 Å². The minimum atomic E-state index is -3.71. The van der Waals surface area contributed by atoms with Crippen LogP contribution in [0.1, 0.15) is 42.4 Å². The molecule has 0 spiro atoms. The fourth-order valence-corrected chi connectivity index (χ4v) is 14.7. The van der Waals surface area contributed by atoms with Crippen LogP contribution in [0.5, 0.6) is 0 Å². The van der Waals surface area contributed by atoms with Gasteiger partial charge in [-0.2, -0.15) is 0 Å². The molecular formula is C65H56O3Si. The predicted octanol–water partition coefficient (Wildman–Crippen LogP) is 15.7. The molecule has 10 rings (SSSR count). The number of carbonyl (C=O) groups excluding carboxylic acids is 1.